The lowest BCUT2D eigenvalue weighted by molar-refractivity contribution is -0.199. The van der Waals surface area contributed by atoms with Crippen molar-refractivity contribution in [2.24, 2.45) is 23.2 Å². The lowest BCUT2D eigenvalue weighted by Crippen LogP contribution is -2.65. The van der Waals surface area contributed by atoms with E-state index in [-0.39, 0.29) is 35.8 Å². The number of hydrogen-bond donors (Lipinski definition) is 1. The van der Waals surface area contributed by atoms with Gasteiger partial charge in [0.15, 0.2) is 0 Å². The lowest BCUT2D eigenvalue weighted by Gasteiger charge is -2.64. The normalized spacial score (nSPS) is 30.1. The molecule has 0 unspecified atom stereocenters. The topological polar surface area (TPSA) is 64.6 Å². The quantitative estimate of drug-likeness (QED) is 0.224. The zero-order valence-corrected chi connectivity index (χ0v) is 22.8. The van der Waals surface area contributed by atoms with Gasteiger partial charge in [-0.3, -0.25) is 9.59 Å². The van der Waals surface area contributed by atoms with Crippen molar-refractivity contribution in [3.05, 3.63) is 0 Å². The molecule has 4 rings (SSSR count). The zero-order valence-electron chi connectivity index (χ0n) is 22.8. The van der Waals surface area contributed by atoms with E-state index in [2.05, 4.69) is 46.9 Å². The third-order valence-corrected chi connectivity index (χ3v) is 9.06. The fourth-order valence-electron chi connectivity index (χ4n) is 6.75. The number of ketones is 1. The summed E-state index contributed by atoms with van der Waals surface area (Å²) >= 11 is 0. The smallest absolute Gasteiger partial charge is 0.404 e. The molecule has 0 spiro atoms. The molecule has 3 aliphatic carbocycles. The molecule has 1 amide bonds. The molecule has 1 aliphatic heterocycles. The number of unbranched alkanes of at least 4 members (excludes halogenated alkanes) is 6. The Morgan fingerprint density at radius 1 is 0.971 bits per heavy atom. The van der Waals surface area contributed by atoms with Crippen LogP contribution in [0.2, 0.25) is 0 Å². The predicted molar refractivity (Wildman–Crippen MR) is 138 cm³/mol. The SMILES string of the molecule is CCCCCCCCCC(=O)CCC(=O)N[C@@H](CC(C)C)B1O[C@@H]2C[C@@H]3C[C@@H](C3(C)C)[C@]2(C)O1. The molecule has 1 heterocycles. The minimum absolute atomic E-state index is 0.0598. The maximum absolute atomic E-state index is 12.8. The van der Waals surface area contributed by atoms with Crippen LogP contribution in [0.1, 0.15) is 125 Å². The van der Waals surface area contributed by atoms with Crippen molar-refractivity contribution in [2.45, 2.75) is 143 Å². The van der Waals surface area contributed by atoms with Gasteiger partial charge in [0.05, 0.1) is 17.6 Å². The second-order valence-electron chi connectivity index (χ2n) is 12.6. The molecule has 1 saturated heterocycles. The van der Waals surface area contributed by atoms with Gasteiger partial charge in [-0.1, -0.05) is 73.1 Å². The molecule has 3 saturated carbocycles. The predicted octanol–water partition coefficient (Wildman–Crippen LogP) is 6.27. The molecule has 0 aromatic rings. The van der Waals surface area contributed by atoms with Gasteiger partial charge in [-0.05, 0) is 55.8 Å². The molecule has 5 atom stereocenters. The zero-order chi connectivity index (χ0) is 24.9. The fourth-order valence-corrected chi connectivity index (χ4v) is 6.75. The van der Waals surface area contributed by atoms with Crippen molar-refractivity contribution >= 4 is 18.8 Å². The molecule has 2 bridgehead atoms. The molecule has 34 heavy (non-hydrogen) atoms. The average molecular weight is 476 g/mol. The number of nitrogens with one attached hydrogen (secondary N) is 1. The highest BCUT2D eigenvalue weighted by atomic mass is 16.7. The molecule has 4 fully saturated rings. The van der Waals surface area contributed by atoms with E-state index in [0.29, 0.717) is 36.0 Å². The van der Waals surface area contributed by atoms with E-state index in [1.54, 1.807) is 0 Å². The monoisotopic (exact) mass is 475 g/mol. The van der Waals surface area contributed by atoms with Crippen molar-refractivity contribution in [3.8, 4) is 0 Å². The maximum atomic E-state index is 12.8. The Balaban J connectivity index is 1.43. The third-order valence-electron chi connectivity index (χ3n) is 9.06. The van der Waals surface area contributed by atoms with Gasteiger partial charge >= 0.3 is 7.12 Å². The van der Waals surface area contributed by atoms with E-state index in [1.807, 2.05) is 0 Å². The van der Waals surface area contributed by atoms with Gasteiger partial charge in [-0.2, -0.15) is 0 Å². The second-order valence-corrected chi connectivity index (χ2v) is 12.6. The van der Waals surface area contributed by atoms with Crippen molar-refractivity contribution in [1.29, 1.82) is 0 Å². The molecule has 4 aliphatic rings. The van der Waals surface area contributed by atoms with Gasteiger partial charge in [0.2, 0.25) is 5.91 Å². The molecular formula is C28H50BNO4. The van der Waals surface area contributed by atoms with E-state index >= 15 is 0 Å². The van der Waals surface area contributed by atoms with E-state index in [9.17, 15) is 9.59 Å². The van der Waals surface area contributed by atoms with Gasteiger partial charge in [0.25, 0.3) is 0 Å². The van der Waals surface area contributed by atoms with E-state index < -0.39 is 7.12 Å². The molecule has 0 radical (unpaired) electrons. The van der Waals surface area contributed by atoms with Crippen molar-refractivity contribution in [3.63, 3.8) is 0 Å². The molecular weight excluding hydrogens is 425 g/mol. The number of carbonyl (C=O) groups is 2. The van der Waals surface area contributed by atoms with Gasteiger partial charge in [-0.15, -0.1) is 0 Å². The number of Topliss-reactive ketones (excluding diaryl/α,β-unsaturated/α-hetero) is 1. The third kappa shape index (κ3) is 6.46. The number of carbonyl (C=O) groups excluding carboxylic acids is 2. The summed E-state index contributed by atoms with van der Waals surface area (Å²) in [5.74, 6) is 1.60. The first-order valence-electron chi connectivity index (χ1n) is 14.2. The number of hydrogen-bond acceptors (Lipinski definition) is 4. The van der Waals surface area contributed by atoms with Crippen LogP contribution in [0, 0.1) is 23.2 Å². The summed E-state index contributed by atoms with van der Waals surface area (Å²) in [5.41, 5.74) is 0.0333. The summed E-state index contributed by atoms with van der Waals surface area (Å²) in [4.78, 5) is 25.1. The van der Waals surface area contributed by atoms with Crippen molar-refractivity contribution in [2.75, 3.05) is 0 Å². The Bertz CT molecular complexity index is 696. The van der Waals surface area contributed by atoms with Crippen LogP contribution in [0.4, 0.5) is 0 Å². The van der Waals surface area contributed by atoms with Crippen LogP contribution >= 0.6 is 0 Å². The van der Waals surface area contributed by atoms with Crippen molar-refractivity contribution in [1.82, 2.24) is 5.32 Å². The van der Waals surface area contributed by atoms with E-state index in [4.69, 9.17) is 9.31 Å². The highest BCUT2D eigenvalue weighted by molar-refractivity contribution is 6.47. The number of rotatable bonds is 15. The van der Waals surface area contributed by atoms with Crippen LogP contribution < -0.4 is 5.32 Å². The maximum Gasteiger partial charge on any atom is 0.481 e. The van der Waals surface area contributed by atoms with Gasteiger partial charge in [0, 0.05) is 19.3 Å². The van der Waals surface area contributed by atoms with Crippen LogP contribution in [-0.2, 0) is 18.9 Å². The first-order valence-corrected chi connectivity index (χ1v) is 14.2. The standard InChI is InChI=1S/C28H50BNO4/c1-7-8-9-10-11-12-13-14-22(31)15-16-26(32)30-25(17-20(2)3)29-33-24-19-21-18-23(27(21,4)5)28(24,6)34-29/h20-21,23-25H,7-19H2,1-6H3,(H,30,32)/t21-,23-,24+,25-,28-/m0/s1. The van der Waals surface area contributed by atoms with Crippen LogP contribution in [0.5, 0.6) is 0 Å². The van der Waals surface area contributed by atoms with Crippen LogP contribution in [0.25, 0.3) is 0 Å². The summed E-state index contributed by atoms with van der Waals surface area (Å²) in [7, 11) is -0.403. The Morgan fingerprint density at radius 3 is 2.29 bits per heavy atom. The largest absolute Gasteiger partial charge is 0.481 e. The average Bonchev–Trinajstić information content (AvgIpc) is 3.13. The van der Waals surface area contributed by atoms with Gasteiger partial charge < -0.3 is 14.6 Å². The highest BCUT2D eigenvalue weighted by Gasteiger charge is 2.68. The molecule has 6 heteroatoms. The lowest BCUT2D eigenvalue weighted by atomic mass is 9.43. The minimum Gasteiger partial charge on any atom is -0.404 e. The summed E-state index contributed by atoms with van der Waals surface area (Å²) < 4.78 is 13.1. The first-order chi connectivity index (χ1) is 16.1. The van der Waals surface area contributed by atoms with E-state index in [0.717, 1.165) is 25.7 Å². The fraction of sp³-hybridized carbons (Fsp3) is 0.929. The van der Waals surface area contributed by atoms with E-state index in [1.165, 1.54) is 38.5 Å². The summed E-state index contributed by atoms with van der Waals surface area (Å²) in [6.45, 7) is 13.5. The van der Waals surface area contributed by atoms with Crippen LogP contribution in [-0.4, -0.2) is 36.5 Å². The molecule has 1 N–H and O–H groups in total. The molecule has 0 aromatic heterocycles. The Morgan fingerprint density at radius 2 is 1.65 bits per heavy atom. The Labute approximate surface area is 209 Å². The highest BCUT2D eigenvalue weighted by Crippen LogP contribution is 2.65. The van der Waals surface area contributed by atoms with Crippen molar-refractivity contribution < 1.29 is 18.9 Å². The summed E-state index contributed by atoms with van der Waals surface area (Å²) in [6.07, 6.45) is 12.8. The molecule has 0 aromatic carbocycles. The van der Waals surface area contributed by atoms with Gasteiger partial charge in [0.1, 0.15) is 5.78 Å². The summed E-state index contributed by atoms with van der Waals surface area (Å²) in [5, 5.41) is 3.18. The van der Waals surface area contributed by atoms with Gasteiger partial charge in [-0.25, -0.2) is 0 Å². The molecule has 194 valence electrons. The summed E-state index contributed by atoms with van der Waals surface area (Å²) in [6, 6.07) is 0. The molecule has 5 nitrogen and oxygen atoms in total. The minimum atomic E-state index is -0.403. The Kier molecular flexibility index (Phi) is 9.70. The Hall–Kier alpha value is -0.875. The number of amides is 1. The van der Waals surface area contributed by atoms with Crippen LogP contribution in [0.15, 0.2) is 0 Å². The first kappa shape index (κ1) is 27.7. The van der Waals surface area contributed by atoms with Crippen LogP contribution in [0.3, 0.4) is 0 Å². The second kappa shape index (κ2) is 11.9.